The van der Waals surface area contributed by atoms with Gasteiger partial charge in [0.25, 0.3) is 0 Å². The monoisotopic (exact) mass is 412 g/mol. The van der Waals surface area contributed by atoms with Gasteiger partial charge in [-0.1, -0.05) is 12.1 Å². The summed E-state index contributed by atoms with van der Waals surface area (Å²) in [5.41, 5.74) is 0. The van der Waals surface area contributed by atoms with E-state index in [1.165, 1.54) is 13.2 Å². The summed E-state index contributed by atoms with van der Waals surface area (Å²) in [6.45, 7) is 0.236. The van der Waals surface area contributed by atoms with Gasteiger partial charge in [-0.25, -0.2) is 13.1 Å². The maximum absolute atomic E-state index is 12.8. The molecule has 156 valence electrons. The number of nitrogens with one attached hydrogen (secondary N) is 2. The molecule has 1 heterocycles. The third-order valence-electron chi connectivity index (χ3n) is 5.17. The number of methoxy groups -OCH3 is 1. The maximum atomic E-state index is 12.8. The number of carbonyl (C=O) groups is 1. The highest BCUT2D eigenvalue weighted by Crippen LogP contribution is 2.29. The van der Waals surface area contributed by atoms with E-state index in [1.54, 1.807) is 18.2 Å². The van der Waals surface area contributed by atoms with E-state index in [4.69, 9.17) is 9.47 Å². The number of benzene rings is 1. The quantitative estimate of drug-likeness (QED) is 0.553. The van der Waals surface area contributed by atoms with Crippen LogP contribution in [0.5, 0.6) is 5.75 Å². The van der Waals surface area contributed by atoms with Crippen LogP contribution in [0.3, 0.4) is 0 Å². The molecule has 3 atom stereocenters. The van der Waals surface area contributed by atoms with Crippen LogP contribution >= 0.6 is 0 Å². The Bertz CT molecular complexity index is 780. The average molecular weight is 413 g/mol. The third kappa shape index (κ3) is 5.22. The number of aliphatic hydroxyl groups excluding tert-OH is 1. The molecule has 0 aromatic heterocycles. The van der Waals surface area contributed by atoms with Gasteiger partial charge in [0.2, 0.25) is 15.9 Å². The van der Waals surface area contributed by atoms with Crippen molar-refractivity contribution in [2.24, 2.45) is 5.92 Å². The second-order valence-corrected chi connectivity index (χ2v) is 8.97. The second kappa shape index (κ2) is 9.21. The van der Waals surface area contributed by atoms with Crippen LogP contribution in [0.4, 0.5) is 0 Å². The summed E-state index contributed by atoms with van der Waals surface area (Å²) in [7, 11) is -2.40. The first-order valence-corrected chi connectivity index (χ1v) is 11.1. The van der Waals surface area contributed by atoms with Gasteiger partial charge in [0.1, 0.15) is 10.6 Å². The number of aliphatic hydroxyl groups is 1. The summed E-state index contributed by atoms with van der Waals surface area (Å²) < 4.78 is 39.2. The fraction of sp³-hybridized carbons (Fsp3) is 0.632. The average Bonchev–Trinajstić information content (AvgIpc) is 3.54. The fourth-order valence-corrected chi connectivity index (χ4v) is 4.90. The molecule has 1 amide bonds. The summed E-state index contributed by atoms with van der Waals surface area (Å²) in [5.74, 6) is 0.528. The minimum absolute atomic E-state index is 0.0547. The number of ether oxygens (including phenoxy) is 2. The Hall–Kier alpha value is -1.68. The zero-order valence-electron chi connectivity index (χ0n) is 16.0. The molecule has 1 saturated carbocycles. The molecule has 2 fully saturated rings. The van der Waals surface area contributed by atoms with Gasteiger partial charge >= 0.3 is 0 Å². The van der Waals surface area contributed by atoms with Crippen LogP contribution in [0, 0.1) is 5.92 Å². The molecule has 9 heteroatoms. The summed E-state index contributed by atoms with van der Waals surface area (Å²) in [6.07, 6.45) is 3.00. The largest absolute Gasteiger partial charge is 0.495 e. The molecule has 0 radical (unpaired) electrons. The first-order chi connectivity index (χ1) is 13.4. The van der Waals surface area contributed by atoms with Crippen LogP contribution in [-0.4, -0.2) is 57.9 Å². The van der Waals surface area contributed by atoms with Crippen molar-refractivity contribution in [1.82, 2.24) is 10.0 Å². The topological polar surface area (TPSA) is 114 Å². The molecule has 1 aromatic carbocycles. The van der Waals surface area contributed by atoms with Crippen molar-refractivity contribution >= 4 is 15.9 Å². The molecule has 0 spiro atoms. The van der Waals surface area contributed by atoms with Gasteiger partial charge in [0.15, 0.2) is 0 Å². The molecular weight excluding hydrogens is 384 g/mol. The zero-order valence-corrected chi connectivity index (χ0v) is 16.8. The number of sulfonamides is 1. The van der Waals surface area contributed by atoms with E-state index in [0.29, 0.717) is 25.8 Å². The van der Waals surface area contributed by atoms with E-state index >= 15 is 0 Å². The van der Waals surface area contributed by atoms with Crippen LogP contribution < -0.4 is 14.8 Å². The number of hydrogen-bond donors (Lipinski definition) is 3. The lowest BCUT2D eigenvalue weighted by Gasteiger charge is -2.36. The predicted octanol–water partition coefficient (Wildman–Crippen LogP) is 0.798. The van der Waals surface area contributed by atoms with Gasteiger partial charge in [0, 0.05) is 12.5 Å². The highest BCUT2D eigenvalue weighted by atomic mass is 32.2. The van der Waals surface area contributed by atoms with Crippen molar-refractivity contribution in [3.63, 3.8) is 0 Å². The van der Waals surface area contributed by atoms with Crippen molar-refractivity contribution in [3.8, 4) is 5.75 Å². The molecular formula is C19H28N2O6S. The summed E-state index contributed by atoms with van der Waals surface area (Å²) in [6, 6.07) is 5.86. The molecule has 0 bridgehead atoms. The molecule has 2 aliphatic rings. The van der Waals surface area contributed by atoms with Crippen molar-refractivity contribution in [3.05, 3.63) is 24.3 Å². The Balaban J connectivity index is 1.55. The summed E-state index contributed by atoms with van der Waals surface area (Å²) in [4.78, 5) is 11.7. The Kier molecular flexibility index (Phi) is 6.92. The lowest BCUT2D eigenvalue weighted by atomic mass is 9.98. The molecule has 1 aliphatic heterocycles. The van der Waals surface area contributed by atoms with Crippen molar-refractivity contribution < 1.29 is 27.8 Å². The number of carbonyl (C=O) groups excluding carboxylic acids is 1. The Morgan fingerprint density at radius 1 is 1.25 bits per heavy atom. The fourth-order valence-electron chi connectivity index (χ4n) is 3.43. The standard InChI is InChI=1S/C19H28N2O6S/c1-26-16-4-2-3-5-18(16)28(24,25)21-15-9-8-14(27-17(15)12-22)10-11-20-19(23)13-6-7-13/h2-5,13-15,17,21-22H,6-12H2,1H3,(H,20,23)/t14-,15-,17+/m0/s1. The minimum Gasteiger partial charge on any atom is -0.495 e. The van der Waals surface area contributed by atoms with Gasteiger partial charge < -0.3 is 19.9 Å². The first-order valence-electron chi connectivity index (χ1n) is 9.64. The number of amides is 1. The molecule has 3 rings (SSSR count). The Labute approximate surface area is 165 Å². The highest BCUT2D eigenvalue weighted by Gasteiger charge is 2.35. The Morgan fingerprint density at radius 3 is 2.68 bits per heavy atom. The molecule has 1 aliphatic carbocycles. The van der Waals surface area contributed by atoms with Gasteiger partial charge in [-0.15, -0.1) is 0 Å². The van der Waals surface area contributed by atoms with Gasteiger partial charge in [-0.05, 0) is 44.2 Å². The van der Waals surface area contributed by atoms with E-state index in [-0.39, 0.29) is 35.2 Å². The van der Waals surface area contributed by atoms with E-state index in [2.05, 4.69) is 10.0 Å². The maximum Gasteiger partial charge on any atom is 0.244 e. The highest BCUT2D eigenvalue weighted by molar-refractivity contribution is 7.89. The normalized spacial score (nSPS) is 25.3. The Morgan fingerprint density at radius 2 is 2.00 bits per heavy atom. The lowest BCUT2D eigenvalue weighted by molar-refractivity contribution is -0.122. The van der Waals surface area contributed by atoms with Crippen LogP contribution in [0.2, 0.25) is 0 Å². The van der Waals surface area contributed by atoms with Crippen LogP contribution in [-0.2, 0) is 19.6 Å². The van der Waals surface area contributed by atoms with E-state index < -0.39 is 22.2 Å². The number of hydrogen-bond acceptors (Lipinski definition) is 6. The number of rotatable bonds is 9. The van der Waals surface area contributed by atoms with E-state index in [1.807, 2.05) is 0 Å². The van der Waals surface area contributed by atoms with Crippen molar-refractivity contribution in [2.45, 2.75) is 55.2 Å². The van der Waals surface area contributed by atoms with Crippen LogP contribution in [0.15, 0.2) is 29.2 Å². The zero-order chi connectivity index (χ0) is 20.1. The number of para-hydroxylation sites is 1. The summed E-state index contributed by atoms with van der Waals surface area (Å²) >= 11 is 0. The second-order valence-electron chi connectivity index (χ2n) is 7.29. The first kappa shape index (κ1) is 21.0. The molecule has 0 unspecified atom stereocenters. The predicted molar refractivity (Wildman–Crippen MR) is 102 cm³/mol. The van der Waals surface area contributed by atoms with E-state index in [0.717, 1.165) is 12.8 Å². The molecule has 28 heavy (non-hydrogen) atoms. The lowest BCUT2D eigenvalue weighted by Crippen LogP contribution is -2.51. The van der Waals surface area contributed by atoms with Crippen molar-refractivity contribution in [1.29, 1.82) is 0 Å². The SMILES string of the molecule is COc1ccccc1S(=O)(=O)N[C@H]1CC[C@@H](CCNC(=O)C2CC2)O[C@@H]1CO. The molecule has 1 saturated heterocycles. The van der Waals surface area contributed by atoms with Crippen LogP contribution in [0.1, 0.15) is 32.1 Å². The summed E-state index contributed by atoms with van der Waals surface area (Å²) in [5, 5.41) is 12.6. The van der Waals surface area contributed by atoms with Gasteiger partial charge in [0.05, 0.1) is 32.0 Å². The van der Waals surface area contributed by atoms with Gasteiger partial charge in [-0.3, -0.25) is 4.79 Å². The third-order valence-corrected chi connectivity index (χ3v) is 6.70. The molecule has 1 aromatic rings. The van der Waals surface area contributed by atoms with E-state index in [9.17, 15) is 18.3 Å². The molecule has 3 N–H and O–H groups in total. The van der Waals surface area contributed by atoms with Crippen LogP contribution in [0.25, 0.3) is 0 Å². The minimum atomic E-state index is -3.82. The smallest absolute Gasteiger partial charge is 0.244 e. The van der Waals surface area contributed by atoms with Gasteiger partial charge in [-0.2, -0.15) is 0 Å². The van der Waals surface area contributed by atoms with Crippen molar-refractivity contribution in [2.75, 3.05) is 20.3 Å². The molecule has 8 nitrogen and oxygen atoms in total.